The minimum absolute atomic E-state index is 0.00419. The number of rotatable bonds is 10. The Labute approximate surface area is 124 Å². The Kier molecular flexibility index (Phi) is 7.10. The van der Waals surface area contributed by atoms with Gasteiger partial charge in [-0.05, 0) is 6.42 Å². The van der Waals surface area contributed by atoms with Crippen LogP contribution in [0.15, 0.2) is 0 Å². The topological polar surface area (TPSA) is 91.4 Å². The number of hydrogen-bond donors (Lipinski definition) is 1. The first kappa shape index (κ1) is 17.4. The Morgan fingerprint density at radius 1 is 1.38 bits per heavy atom. The maximum absolute atomic E-state index is 11.2. The Bertz CT molecular complexity index is 459. The molecule has 0 atom stereocenters. The fourth-order valence-electron chi connectivity index (χ4n) is 1.93. The van der Waals surface area contributed by atoms with Crippen molar-refractivity contribution in [1.29, 1.82) is 0 Å². The second-order valence-electron chi connectivity index (χ2n) is 5.00. The molecular formula is C13H24N4O4. The first-order chi connectivity index (χ1) is 9.99. The predicted octanol–water partition coefficient (Wildman–Crippen LogP) is 1.92. The molecule has 1 heterocycles. The van der Waals surface area contributed by atoms with Crippen LogP contribution < -0.4 is 5.32 Å². The summed E-state index contributed by atoms with van der Waals surface area (Å²) in [6.45, 7) is 6.08. The summed E-state index contributed by atoms with van der Waals surface area (Å²) in [7, 11) is 3.33. The predicted molar refractivity (Wildman–Crippen MR) is 79.8 cm³/mol. The molecule has 8 heteroatoms. The van der Waals surface area contributed by atoms with Crippen molar-refractivity contribution in [3.8, 4) is 0 Å². The van der Waals surface area contributed by atoms with Gasteiger partial charge in [-0.1, -0.05) is 13.8 Å². The molecule has 0 radical (unpaired) electrons. The average Bonchev–Trinajstić information content (AvgIpc) is 2.75. The molecule has 0 aliphatic carbocycles. The number of nitro groups is 1. The van der Waals surface area contributed by atoms with Crippen LogP contribution in [0.3, 0.4) is 0 Å². The molecule has 21 heavy (non-hydrogen) atoms. The van der Waals surface area contributed by atoms with Crippen LogP contribution in [0.2, 0.25) is 0 Å². The van der Waals surface area contributed by atoms with Crippen LogP contribution in [0.4, 0.5) is 11.5 Å². The van der Waals surface area contributed by atoms with E-state index in [1.165, 1.54) is 4.68 Å². The molecule has 1 rings (SSSR count). The lowest BCUT2D eigenvalue weighted by molar-refractivity contribution is -0.384. The highest BCUT2D eigenvalue weighted by Gasteiger charge is 2.28. The van der Waals surface area contributed by atoms with Crippen molar-refractivity contribution in [2.24, 2.45) is 7.05 Å². The van der Waals surface area contributed by atoms with Crippen LogP contribution in [0.25, 0.3) is 0 Å². The molecule has 0 saturated heterocycles. The third-order valence-electron chi connectivity index (χ3n) is 2.97. The van der Waals surface area contributed by atoms with Crippen molar-refractivity contribution < 1.29 is 14.4 Å². The van der Waals surface area contributed by atoms with Crippen LogP contribution in [-0.2, 0) is 16.5 Å². The van der Waals surface area contributed by atoms with E-state index < -0.39 is 0 Å². The molecular weight excluding hydrogens is 276 g/mol. The van der Waals surface area contributed by atoms with Gasteiger partial charge in [-0.3, -0.25) is 10.1 Å². The number of hydrogen-bond acceptors (Lipinski definition) is 6. The fraction of sp³-hybridized carbons (Fsp3) is 0.769. The zero-order chi connectivity index (χ0) is 15.8. The second kappa shape index (κ2) is 8.58. The fourth-order valence-corrected chi connectivity index (χ4v) is 1.93. The maximum Gasteiger partial charge on any atom is 0.334 e. The van der Waals surface area contributed by atoms with Gasteiger partial charge in [0, 0.05) is 33.2 Å². The molecule has 0 saturated carbocycles. The van der Waals surface area contributed by atoms with Crippen molar-refractivity contribution in [2.45, 2.75) is 26.2 Å². The summed E-state index contributed by atoms with van der Waals surface area (Å²) in [6, 6.07) is 0. The van der Waals surface area contributed by atoms with Gasteiger partial charge >= 0.3 is 5.69 Å². The molecule has 0 aromatic carbocycles. The van der Waals surface area contributed by atoms with Crippen LogP contribution in [0.1, 0.15) is 31.9 Å². The van der Waals surface area contributed by atoms with Crippen molar-refractivity contribution in [3.05, 3.63) is 15.8 Å². The number of aromatic nitrogens is 2. The number of nitrogens with one attached hydrogen (secondary N) is 1. The van der Waals surface area contributed by atoms with Gasteiger partial charge in [-0.25, -0.2) is 4.68 Å². The summed E-state index contributed by atoms with van der Waals surface area (Å²) in [6.07, 6.45) is 0.753. The highest BCUT2D eigenvalue weighted by Crippen LogP contribution is 2.32. The quantitative estimate of drug-likeness (QED) is 0.403. The molecule has 0 unspecified atom stereocenters. The molecule has 120 valence electrons. The summed E-state index contributed by atoms with van der Waals surface area (Å²) < 4.78 is 11.7. The molecule has 0 fully saturated rings. The molecule has 8 nitrogen and oxygen atoms in total. The van der Waals surface area contributed by atoms with Gasteiger partial charge in [0.25, 0.3) is 0 Å². The zero-order valence-electron chi connectivity index (χ0n) is 13.1. The maximum atomic E-state index is 11.2. The lowest BCUT2D eigenvalue weighted by Gasteiger charge is -2.07. The first-order valence-electron chi connectivity index (χ1n) is 7.00. The van der Waals surface area contributed by atoms with Crippen LogP contribution in [-0.4, -0.2) is 48.2 Å². The Balaban J connectivity index is 2.56. The number of aryl methyl sites for hydroxylation is 1. The molecule has 0 aliphatic heterocycles. The molecule has 0 bridgehead atoms. The van der Waals surface area contributed by atoms with Gasteiger partial charge in [-0.15, -0.1) is 0 Å². The van der Waals surface area contributed by atoms with Crippen LogP contribution in [0, 0.1) is 10.1 Å². The van der Waals surface area contributed by atoms with Crippen molar-refractivity contribution in [1.82, 2.24) is 9.78 Å². The SMILES string of the molecule is COCCOCCCNc1c([N+](=O)[O-])c(C(C)C)nn1C. The minimum atomic E-state index is -0.375. The van der Waals surface area contributed by atoms with E-state index in [9.17, 15) is 10.1 Å². The average molecular weight is 300 g/mol. The van der Waals surface area contributed by atoms with E-state index in [1.54, 1.807) is 14.2 Å². The lowest BCUT2D eigenvalue weighted by atomic mass is 10.1. The summed E-state index contributed by atoms with van der Waals surface area (Å²) in [4.78, 5) is 10.9. The normalized spacial score (nSPS) is 11.1. The summed E-state index contributed by atoms with van der Waals surface area (Å²) in [5.41, 5.74) is 0.564. The summed E-state index contributed by atoms with van der Waals surface area (Å²) in [5, 5.41) is 18.6. The smallest absolute Gasteiger partial charge is 0.334 e. The van der Waals surface area contributed by atoms with E-state index in [4.69, 9.17) is 9.47 Å². The standard InChI is InChI=1S/C13H24N4O4/c1-10(2)11-12(17(18)19)13(16(3)15-11)14-6-5-7-21-9-8-20-4/h10,14H,5-9H2,1-4H3. The largest absolute Gasteiger partial charge is 0.382 e. The number of nitrogens with zero attached hydrogens (tertiary/aromatic N) is 3. The van der Waals surface area contributed by atoms with E-state index >= 15 is 0 Å². The number of ether oxygens (including phenoxy) is 2. The summed E-state index contributed by atoms with van der Waals surface area (Å²) >= 11 is 0. The van der Waals surface area contributed by atoms with E-state index in [-0.39, 0.29) is 16.5 Å². The van der Waals surface area contributed by atoms with Gasteiger partial charge in [-0.2, -0.15) is 5.10 Å². The van der Waals surface area contributed by atoms with Gasteiger partial charge < -0.3 is 14.8 Å². The van der Waals surface area contributed by atoms with Crippen molar-refractivity contribution >= 4 is 11.5 Å². The summed E-state index contributed by atoms with van der Waals surface area (Å²) in [5.74, 6) is 0.449. The van der Waals surface area contributed by atoms with Crippen molar-refractivity contribution in [3.63, 3.8) is 0 Å². The molecule has 1 aromatic heterocycles. The molecule has 1 N–H and O–H groups in total. The Morgan fingerprint density at radius 3 is 2.67 bits per heavy atom. The third kappa shape index (κ3) is 4.98. The zero-order valence-corrected chi connectivity index (χ0v) is 13.1. The number of anilines is 1. The van der Waals surface area contributed by atoms with Crippen LogP contribution >= 0.6 is 0 Å². The monoisotopic (exact) mass is 300 g/mol. The highest BCUT2D eigenvalue weighted by atomic mass is 16.6. The van der Waals surface area contributed by atoms with Crippen LogP contribution in [0.5, 0.6) is 0 Å². The van der Waals surface area contributed by atoms with Gasteiger partial charge in [0.15, 0.2) is 0 Å². The van der Waals surface area contributed by atoms with Gasteiger partial charge in [0.1, 0.15) is 5.69 Å². The Morgan fingerprint density at radius 2 is 2.10 bits per heavy atom. The van der Waals surface area contributed by atoms with Gasteiger partial charge in [0.05, 0.1) is 18.1 Å². The van der Waals surface area contributed by atoms with E-state index in [2.05, 4.69) is 10.4 Å². The third-order valence-corrected chi connectivity index (χ3v) is 2.97. The Hall–Kier alpha value is -1.67. The minimum Gasteiger partial charge on any atom is -0.382 e. The van der Waals surface area contributed by atoms with Crippen molar-refractivity contribution in [2.75, 3.05) is 38.8 Å². The second-order valence-corrected chi connectivity index (χ2v) is 5.00. The van der Waals surface area contributed by atoms with Gasteiger partial charge in [0.2, 0.25) is 5.82 Å². The molecule has 0 amide bonds. The van der Waals surface area contributed by atoms with E-state index in [1.807, 2.05) is 13.8 Å². The molecule has 0 spiro atoms. The molecule has 1 aromatic rings. The first-order valence-corrected chi connectivity index (χ1v) is 7.00. The number of methoxy groups -OCH3 is 1. The highest BCUT2D eigenvalue weighted by molar-refractivity contribution is 5.60. The molecule has 0 aliphatic rings. The van der Waals surface area contributed by atoms with E-state index in [0.29, 0.717) is 37.9 Å². The van der Waals surface area contributed by atoms with E-state index in [0.717, 1.165) is 6.42 Å². The lowest BCUT2D eigenvalue weighted by Crippen LogP contribution is -2.11.